The SMILES string of the molecule is Cc1ccc(NC(=O)C2CCCN(C(=O)C(C)(C)N)C2)nc1. The maximum Gasteiger partial charge on any atom is 0.242 e. The maximum absolute atomic E-state index is 12.3. The number of carbonyl (C=O) groups is 2. The lowest BCUT2D eigenvalue weighted by molar-refractivity contribution is -0.138. The molecular formula is C16H24N4O2. The second kappa shape index (κ2) is 6.44. The summed E-state index contributed by atoms with van der Waals surface area (Å²) in [5.41, 5.74) is 6.00. The van der Waals surface area contributed by atoms with Gasteiger partial charge in [-0.3, -0.25) is 9.59 Å². The normalized spacial score (nSPS) is 18.9. The molecule has 120 valence electrons. The summed E-state index contributed by atoms with van der Waals surface area (Å²) in [5.74, 6) is 0.114. The van der Waals surface area contributed by atoms with E-state index in [2.05, 4.69) is 10.3 Å². The molecule has 0 spiro atoms. The Kier molecular flexibility index (Phi) is 4.81. The number of nitrogens with one attached hydrogen (secondary N) is 1. The van der Waals surface area contributed by atoms with Crippen LogP contribution in [0.25, 0.3) is 0 Å². The summed E-state index contributed by atoms with van der Waals surface area (Å²) in [4.78, 5) is 30.5. The van der Waals surface area contributed by atoms with Crippen LogP contribution in [0.5, 0.6) is 0 Å². The first-order valence-corrected chi connectivity index (χ1v) is 7.59. The van der Waals surface area contributed by atoms with Gasteiger partial charge in [0.2, 0.25) is 11.8 Å². The van der Waals surface area contributed by atoms with Crippen molar-refractivity contribution in [2.45, 2.75) is 39.2 Å². The molecule has 0 aliphatic carbocycles. The van der Waals surface area contributed by atoms with Crippen LogP contribution in [-0.4, -0.2) is 40.3 Å². The predicted octanol–water partition coefficient (Wildman–Crippen LogP) is 1.30. The zero-order valence-corrected chi connectivity index (χ0v) is 13.4. The number of anilines is 1. The van der Waals surface area contributed by atoms with Gasteiger partial charge in [0.25, 0.3) is 0 Å². The van der Waals surface area contributed by atoms with Crippen LogP contribution in [0.3, 0.4) is 0 Å². The highest BCUT2D eigenvalue weighted by Crippen LogP contribution is 2.20. The van der Waals surface area contributed by atoms with Gasteiger partial charge in [-0.25, -0.2) is 4.98 Å². The molecule has 1 fully saturated rings. The molecular weight excluding hydrogens is 280 g/mol. The number of hydrogen-bond donors (Lipinski definition) is 2. The number of piperidine rings is 1. The molecule has 6 nitrogen and oxygen atoms in total. The van der Waals surface area contributed by atoms with Gasteiger partial charge >= 0.3 is 0 Å². The van der Waals surface area contributed by atoms with E-state index in [4.69, 9.17) is 5.73 Å². The van der Waals surface area contributed by atoms with Crippen molar-refractivity contribution in [3.05, 3.63) is 23.9 Å². The molecule has 6 heteroatoms. The highest BCUT2D eigenvalue weighted by atomic mass is 16.2. The van der Waals surface area contributed by atoms with Crippen molar-refractivity contribution in [3.63, 3.8) is 0 Å². The molecule has 22 heavy (non-hydrogen) atoms. The number of aryl methyl sites for hydroxylation is 1. The van der Waals surface area contributed by atoms with E-state index >= 15 is 0 Å². The van der Waals surface area contributed by atoms with Crippen LogP contribution in [0.15, 0.2) is 18.3 Å². The molecule has 0 bridgehead atoms. The summed E-state index contributed by atoms with van der Waals surface area (Å²) in [5, 5.41) is 2.82. The van der Waals surface area contributed by atoms with Crippen LogP contribution in [-0.2, 0) is 9.59 Å². The van der Waals surface area contributed by atoms with Gasteiger partial charge < -0.3 is 16.0 Å². The number of pyridine rings is 1. The molecule has 1 aliphatic heterocycles. The Morgan fingerprint density at radius 3 is 2.73 bits per heavy atom. The summed E-state index contributed by atoms with van der Waals surface area (Å²) in [6, 6.07) is 3.68. The topological polar surface area (TPSA) is 88.3 Å². The Morgan fingerprint density at radius 1 is 1.41 bits per heavy atom. The predicted molar refractivity (Wildman–Crippen MR) is 85.2 cm³/mol. The van der Waals surface area contributed by atoms with E-state index < -0.39 is 5.54 Å². The van der Waals surface area contributed by atoms with E-state index in [9.17, 15) is 9.59 Å². The number of nitrogens with zero attached hydrogens (tertiary/aromatic N) is 2. The molecule has 1 saturated heterocycles. The molecule has 0 saturated carbocycles. The molecule has 1 aromatic heterocycles. The van der Waals surface area contributed by atoms with Crippen molar-refractivity contribution in [2.24, 2.45) is 11.7 Å². The molecule has 1 aromatic rings. The van der Waals surface area contributed by atoms with E-state index in [1.165, 1.54) is 0 Å². The van der Waals surface area contributed by atoms with Crippen molar-refractivity contribution < 1.29 is 9.59 Å². The van der Waals surface area contributed by atoms with Crippen molar-refractivity contribution >= 4 is 17.6 Å². The Morgan fingerprint density at radius 2 is 2.14 bits per heavy atom. The number of amides is 2. The zero-order valence-electron chi connectivity index (χ0n) is 13.4. The fraction of sp³-hybridized carbons (Fsp3) is 0.562. The highest BCUT2D eigenvalue weighted by Gasteiger charge is 2.33. The number of carbonyl (C=O) groups excluding carboxylic acids is 2. The van der Waals surface area contributed by atoms with Gasteiger partial charge in [-0.15, -0.1) is 0 Å². The van der Waals surface area contributed by atoms with Crippen LogP contribution in [0.2, 0.25) is 0 Å². The molecule has 2 heterocycles. The summed E-state index contributed by atoms with van der Waals surface area (Å²) in [6.45, 7) is 6.39. The second-order valence-electron chi connectivity index (χ2n) is 6.52. The van der Waals surface area contributed by atoms with Gasteiger partial charge in [0.05, 0.1) is 11.5 Å². The minimum Gasteiger partial charge on any atom is -0.340 e. The quantitative estimate of drug-likeness (QED) is 0.881. The largest absolute Gasteiger partial charge is 0.340 e. The fourth-order valence-electron chi connectivity index (χ4n) is 2.55. The number of aromatic nitrogens is 1. The first kappa shape index (κ1) is 16.4. The van der Waals surface area contributed by atoms with Crippen molar-refractivity contribution in [2.75, 3.05) is 18.4 Å². The van der Waals surface area contributed by atoms with E-state index in [0.717, 1.165) is 18.4 Å². The first-order valence-electron chi connectivity index (χ1n) is 7.59. The summed E-state index contributed by atoms with van der Waals surface area (Å²) >= 11 is 0. The summed E-state index contributed by atoms with van der Waals surface area (Å²) in [7, 11) is 0. The van der Waals surface area contributed by atoms with Crippen molar-refractivity contribution in [3.8, 4) is 0 Å². The molecule has 1 atom stereocenters. The smallest absolute Gasteiger partial charge is 0.242 e. The van der Waals surface area contributed by atoms with Crippen LogP contribution in [0, 0.1) is 12.8 Å². The number of likely N-dealkylation sites (tertiary alicyclic amines) is 1. The average molecular weight is 304 g/mol. The van der Waals surface area contributed by atoms with Crippen molar-refractivity contribution in [1.29, 1.82) is 0 Å². The van der Waals surface area contributed by atoms with E-state index in [-0.39, 0.29) is 17.7 Å². The van der Waals surface area contributed by atoms with Gasteiger partial charge in [-0.1, -0.05) is 6.07 Å². The molecule has 0 radical (unpaired) electrons. The number of hydrogen-bond acceptors (Lipinski definition) is 4. The summed E-state index contributed by atoms with van der Waals surface area (Å²) < 4.78 is 0. The second-order valence-corrected chi connectivity index (χ2v) is 6.52. The van der Waals surface area contributed by atoms with E-state index in [1.54, 1.807) is 31.0 Å². The van der Waals surface area contributed by atoms with E-state index in [0.29, 0.717) is 18.9 Å². The lowest BCUT2D eigenvalue weighted by Crippen LogP contribution is -2.54. The highest BCUT2D eigenvalue weighted by molar-refractivity contribution is 5.92. The molecule has 0 aromatic carbocycles. The van der Waals surface area contributed by atoms with Gasteiger partial charge in [-0.2, -0.15) is 0 Å². The lowest BCUT2D eigenvalue weighted by Gasteiger charge is -2.35. The fourth-order valence-corrected chi connectivity index (χ4v) is 2.55. The van der Waals surface area contributed by atoms with Crippen LogP contribution < -0.4 is 11.1 Å². The molecule has 2 amide bonds. The Bertz CT molecular complexity index is 548. The van der Waals surface area contributed by atoms with Crippen molar-refractivity contribution in [1.82, 2.24) is 9.88 Å². The van der Waals surface area contributed by atoms with Gasteiger partial charge in [0.1, 0.15) is 5.82 Å². The average Bonchev–Trinajstić information content (AvgIpc) is 2.48. The Hall–Kier alpha value is -1.95. The molecule has 1 aliphatic rings. The molecule has 2 rings (SSSR count). The standard InChI is InChI=1S/C16H24N4O2/c1-11-6-7-13(18-9-11)19-14(21)12-5-4-8-20(10-12)15(22)16(2,3)17/h6-7,9,12H,4-5,8,10,17H2,1-3H3,(H,18,19,21). The van der Waals surface area contributed by atoms with Crippen LogP contribution >= 0.6 is 0 Å². The Balaban J connectivity index is 1.98. The Labute approximate surface area is 131 Å². The third-order valence-electron chi connectivity index (χ3n) is 3.79. The monoisotopic (exact) mass is 304 g/mol. The maximum atomic E-state index is 12.3. The number of nitrogens with two attached hydrogens (primary N) is 1. The van der Waals surface area contributed by atoms with Gasteiger partial charge in [-0.05, 0) is 45.2 Å². The summed E-state index contributed by atoms with van der Waals surface area (Å²) in [6.07, 6.45) is 3.29. The molecule has 1 unspecified atom stereocenters. The van der Waals surface area contributed by atoms with E-state index in [1.807, 2.05) is 13.0 Å². The van der Waals surface area contributed by atoms with Gasteiger partial charge in [0.15, 0.2) is 0 Å². The minimum atomic E-state index is -0.906. The van der Waals surface area contributed by atoms with Crippen LogP contribution in [0.4, 0.5) is 5.82 Å². The minimum absolute atomic E-state index is 0.0938. The lowest BCUT2D eigenvalue weighted by atomic mass is 9.95. The first-order chi connectivity index (χ1) is 10.3. The molecule has 3 N–H and O–H groups in total. The third kappa shape index (κ3) is 4.04. The number of rotatable bonds is 3. The zero-order chi connectivity index (χ0) is 16.3. The van der Waals surface area contributed by atoms with Gasteiger partial charge in [0, 0.05) is 19.3 Å². The third-order valence-corrected chi connectivity index (χ3v) is 3.79. The van der Waals surface area contributed by atoms with Crippen LogP contribution in [0.1, 0.15) is 32.3 Å².